The topological polar surface area (TPSA) is 40.5 Å². The van der Waals surface area contributed by atoms with Gasteiger partial charge in [0.1, 0.15) is 0 Å². The van der Waals surface area contributed by atoms with Gasteiger partial charge in [0.15, 0.2) is 0 Å². The predicted molar refractivity (Wildman–Crippen MR) is 48.3 cm³/mol. The molecule has 68 valence electrons. The van der Waals surface area contributed by atoms with E-state index in [1.54, 1.807) is 4.90 Å². The Balaban J connectivity index is 2.28. The Hall–Kier alpha value is -1.35. The van der Waals surface area contributed by atoms with Gasteiger partial charge in [-0.3, -0.25) is 4.79 Å². The van der Waals surface area contributed by atoms with Crippen LogP contribution in [0.1, 0.15) is 15.9 Å². The Morgan fingerprint density at radius 1 is 1.38 bits per heavy atom. The summed E-state index contributed by atoms with van der Waals surface area (Å²) >= 11 is 0. The summed E-state index contributed by atoms with van der Waals surface area (Å²) in [5.41, 5.74) is 1.83. The van der Waals surface area contributed by atoms with Crippen LogP contribution in [0.25, 0.3) is 0 Å². The van der Waals surface area contributed by atoms with Crippen molar-refractivity contribution in [2.45, 2.75) is 6.54 Å². The van der Waals surface area contributed by atoms with E-state index < -0.39 is 0 Å². The lowest BCUT2D eigenvalue weighted by atomic mass is 10.1. The van der Waals surface area contributed by atoms with E-state index >= 15 is 0 Å². The zero-order valence-electron chi connectivity index (χ0n) is 7.23. The van der Waals surface area contributed by atoms with Crippen LogP contribution in [0, 0.1) is 0 Å². The first kappa shape index (κ1) is 8.26. The van der Waals surface area contributed by atoms with Crippen molar-refractivity contribution in [2.75, 3.05) is 13.2 Å². The summed E-state index contributed by atoms with van der Waals surface area (Å²) in [7, 11) is 0. The fourth-order valence-corrected chi connectivity index (χ4v) is 1.62. The molecule has 0 saturated carbocycles. The molecule has 1 aliphatic heterocycles. The maximum absolute atomic E-state index is 11.6. The van der Waals surface area contributed by atoms with E-state index in [1.165, 1.54) is 0 Å². The number of rotatable bonds is 2. The summed E-state index contributed by atoms with van der Waals surface area (Å²) < 4.78 is 0. The number of hydrogen-bond donors (Lipinski definition) is 1. The van der Waals surface area contributed by atoms with Crippen molar-refractivity contribution in [3.05, 3.63) is 35.4 Å². The normalized spacial score (nSPS) is 14.8. The van der Waals surface area contributed by atoms with Gasteiger partial charge in [0.25, 0.3) is 5.91 Å². The smallest absolute Gasteiger partial charge is 0.254 e. The van der Waals surface area contributed by atoms with E-state index in [2.05, 4.69) is 0 Å². The molecule has 0 unspecified atom stereocenters. The minimum Gasteiger partial charge on any atom is -0.395 e. The van der Waals surface area contributed by atoms with Gasteiger partial charge >= 0.3 is 0 Å². The molecule has 0 aromatic heterocycles. The maximum atomic E-state index is 11.6. The molecule has 1 aliphatic rings. The zero-order valence-corrected chi connectivity index (χ0v) is 7.23. The van der Waals surface area contributed by atoms with Crippen molar-refractivity contribution >= 4 is 5.91 Å². The molecule has 3 nitrogen and oxygen atoms in total. The van der Waals surface area contributed by atoms with Crippen LogP contribution >= 0.6 is 0 Å². The number of fused-ring (bicyclic) bond motifs is 1. The molecule has 3 heteroatoms. The maximum Gasteiger partial charge on any atom is 0.254 e. The Bertz CT molecular complexity index is 335. The summed E-state index contributed by atoms with van der Waals surface area (Å²) in [6.07, 6.45) is 0. The highest BCUT2D eigenvalue weighted by Crippen LogP contribution is 2.21. The molecule has 1 amide bonds. The average molecular weight is 177 g/mol. The number of β-amino-alcohol motifs (C(OH)–C–C–N with tert-alkyl or cyclic N) is 1. The number of nitrogens with zero attached hydrogens (tertiary/aromatic N) is 1. The standard InChI is InChI=1S/C10H11NO2/c12-6-5-11-7-8-3-1-2-4-9(8)10(11)13/h1-4,12H,5-7H2. The molecule has 1 N–H and O–H groups in total. The van der Waals surface area contributed by atoms with Gasteiger partial charge in [0, 0.05) is 18.7 Å². The van der Waals surface area contributed by atoms with Crippen LogP contribution in [0.4, 0.5) is 0 Å². The van der Waals surface area contributed by atoms with Crippen LogP contribution in [-0.4, -0.2) is 29.1 Å². The molecule has 2 rings (SSSR count). The fraction of sp³-hybridized carbons (Fsp3) is 0.300. The van der Waals surface area contributed by atoms with E-state index in [0.717, 1.165) is 11.1 Å². The SMILES string of the molecule is O=C1c2ccccc2CN1CCO. The molecule has 0 bridgehead atoms. The van der Waals surface area contributed by atoms with Crippen LogP contribution in [0.5, 0.6) is 0 Å². The van der Waals surface area contributed by atoms with Gasteiger partial charge in [-0.2, -0.15) is 0 Å². The molecule has 0 saturated heterocycles. The minimum absolute atomic E-state index is 0.0275. The third kappa shape index (κ3) is 1.31. The van der Waals surface area contributed by atoms with Crippen LogP contribution in [-0.2, 0) is 6.54 Å². The van der Waals surface area contributed by atoms with Gasteiger partial charge in [0.05, 0.1) is 6.61 Å². The quantitative estimate of drug-likeness (QED) is 0.720. The first-order chi connectivity index (χ1) is 6.33. The molecule has 13 heavy (non-hydrogen) atoms. The van der Waals surface area contributed by atoms with Crippen LogP contribution in [0.2, 0.25) is 0 Å². The van der Waals surface area contributed by atoms with E-state index in [1.807, 2.05) is 24.3 Å². The third-order valence-corrected chi connectivity index (χ3v) is 2.27. The monoisotopic (exact) mass is 177 g/mol. The molecular formula is C10H11NO2. The van der Waals surface area contributed by atoms with E-state index in [0.29, 0.717) is 13.1 Å². The molecular weight excluding hydrogens is 166 g/mol. The van der Waals surface area contributed by atoms with Gasteiger partial charge in [-0.05, 0) is 11.6 Å². The zero-order chi connectivity index (χ0) is 9.26. The van der Waals surface area contributed by atoms with E-state index in [-0.39, 0.29) is 12.5 Å². The summed E-state index contributed by atoms with van der Waals surface area (Å²) in [4.78, 5) is 13.3. The first-order valence-corrected chi connectivity index (χ1v) is 4.31. The Morgan fingerprint density at radius 2 is 2.15 bits per heavy atom. The van der Waals surface area contributed by atoms with Crippen LogP contribution in [0.15, 0.2) is 24.3 Å². The van der Waals surface area contributed by atoms with Gasteiger partial charge < -0.3 is 10.0 Å². The first-order valence-electron chi connectivity index (χ1n) is 4.31. The van der Waals surface area contributed by atoms with Crippen LogP contribution in [0.3, 0.4) is 0 Å². The van der Waals surface area contributed by atoms with Crippen molar-refractivity contribution in [1.29, 1.82) is 0 Å². The van der Waals surface area contributed by atoms with E-state index in [9.17, 15) is 4.79 Å². The summed E-state index contributed by atoms with van der Waals surface area (Å²) in [6, 6.07) is 7.56. The highest BCUT2D eigenvalue weighted by atomic mass is 16.3. The lowest BCUT2D eigenvalue weighted by Crippen LogP contribution is -2.26. The van der Waals surface area contributed by atoms with Gasteiger partial charge in [-0.15, -0.1) is 0 Å². The molecule has 0 atom stereocenters. The number of aliphatic hydroxyl groups is 1. The lowest BCUT2D eigenvalue weighted by molar-refractivity contribution is 0.0745. The van der Waals surface area contributed by atoms with Crippen molar-refractivity contribution in [2.24, 2.45) is 0 Å². The number of carbonyl (C=O) groups is 1. The molecule has 0 aliphatic carbocycles. The number of hydrogen-bond acceptors (Lipinski definition) is 2. The second kappa shape index (κ2) is 3.18. The highest BCUT2D eigenvalue weighted by molar-refractivity contribution is 5.98. The third-order valence-electron chi connectivity index (χ3n) is 2.27. The molecule has 1 heterocycles. The Kier molecular flexibility index (Phi) is 2.02. The van der Waals surface area contributed by atoms with E-state index in [4.69, 9.17) is 5.11 Å². The number of benzene rings is 1. The molecule has 1 aromatic rings. The number of amides is 1. The van der Waals surface area contributed by atoms with Crippen molar-refractivity contribution in [3.8, 4) is 0 Å². The van der Waals surface area contributed by atoms with Crippen molar-refractivity contribution < 1.29 is 9.90 Å². The predicted octanol–water partition coefficient (Wildman–Crippen LogP) is 0.635. The largest absolute Gasteiger partial charge is 0.395 e. The average Bonchev–Trinajstić information content (AvgIpc) is 2.46. The molecule has 0 fully saturated rings. The molecule has 1 aromatic carbocycles. The van der Waals surface area contributed by atoms with Crippen molar-refractivity contribution in [3.63, 3.8) is 0 Å². The molecule has 0 spiro atoms. The highest BCUT2D eigenvalue weighted by Gasteiger charge is 2.25. The summed E-state index contributed by atoms with van der Waals surface area (Å²) in [5, 5.41) is 8.73. The lowest BCUT2D eigenvalue weighted by Gasteiger charge is -2.12. The Morgan fingerprint density at radius 3 is 2.85 bits per heavy atom. The molecule has 0 radical (unpaired) electrons. The van der Waals surface area contributed by atoms with Gasteiger partial charge in [-0.25, -0.2) is 0 Å². The minimum atomic E-state index is 0.0275. The van der Waals surface area contributed by atoms with Gasteiger partial charge in [0.2, 0.25) is 0 Å². The second-order valence-electron chi connectivity index (χ2n) is 3.11. The fourth-order valence-electron chi connectivity index (χ4n) is 1.62. The second-order valence-corrected chi connectivity index (χ2v) is 3.11. The van der Waals surface area contributed by atoms with Crippen molar-refractivity contribution in [1.82, 2.24) is 4.90 Å². The summed E-state index contributed by atoms with van der Waals surface area (Å²) in [5.74, 6) is 0.0321. The Labute approximate surface area is 76.6 Å². The van der Waals surface area contributed by atoms with Crippen LogP contribution < -0.4 is 0 Å². The number of carbonyl (C=O) groups excluding carboxylic acids is 1. The number of aliphatic hydroxyl groups excluding tert-OH is 1. The summed E-state index contributed by atoms with van der Waals surface area (Å²) in [6.45, 7) is 1.09. The van der Waals surface area contributed by atoms with Gasteiger partial charge in [-0.1, -0.05) is 18.2 Å².